The summed E-state index contributed by atoms with van der Waals surface area (Å²) in [5.41, 5.74) is 1.64. The number of anilines is 1. The SMILES string of the molecule is CCN(CC)C(=O)c1cc(I)ccc1NC(=O)c1cccc2ccccc12. The van der Waals surface area contributed by atoms with Gasteiger partial charge in [0.1, 0.15) is 0 Å². The van der Waals surface area contributed by atoms with Crippen LogP contribution in [0.2, 0.25) is 0 Å². The predicted molar refractivity (Wildman–Crippen MR) is 118 cm³/mol. The number of rotatable bonds is 5. The summed E-state index contributed by atoms with van der Waals surface area (Å²) in [5.74, 6) is -0.298. The molecule has 0 heterocycles. The van der Waals surface area contributed by atoms with Gasteiger partial charge in [0.05, 0.1) is 11.3 Å². The minimum absolute atomic E-state index is 0.0771. The van der Waals surface area contributed by atoms with Gasteiger partial charge in [0.15, 0.2) is 0 Å². The van der Waals surface area contributed by atoms with Crippen LogP contribution in [0.25, 0.3) is 10.8 Å². The largest absolute Gasteiger partial charge is 0.339 e. The van der Waals surface area contributed by atoms with Crippen molar-refractivity contribution in [2.75, 3.05) is 18.4 Å². The third-order valence-corrected chi connectivity index (χ3v) is 5.22. The fourth-order valence-electron chi connectivity index (χ4n) is 3.10. The number of benzene rings is 3. The number of nitrogens with zero attached hydrogens (tertiary/aromatic N) is 1. The van der Waals surface area contributed by atoms with Gasteiger partial charge in [-0.25, -0.2) is 0 Å². The molecular formula is C22H21IN2O2. The lowest BCUT2D eigenvalue weighted by molar-refractivity contribution is 0.0774. The van der Waals surface area contributed by atoms with Crippen LogP contribution in [0.1, 0.15) is 34.6 Å². The van der Waals surface area contributed by atoms with Crippen LogP contribution in [-0.4, -0.2) is 29.8 Å². The molecule has 1 N–H and O–H groups in total. The molecule has 4 nitrogen and oxygen atoms in total. The van der Waals surface area contributed by atoms with E-state index in [1.54, 1.807) is 17.0 Å². The number of carbonyl (C=O) groups is 2. The van der Waals surface area contributed by atoms with E-state index in [1.165, 1.54) is 0 Å². The van der Waals surface area contributed by atoms with E-state index in [0.29, 0.717) is 29.9 Å². The smallest absolute Gasteiger partial charge is 0.256 e. The molecule has 0 bridgehead atoms. The van der Waals surface area contributed by atoms with Crippen LogP contribution in [0, 0.1) is 3.57 Å². The molecule has 0 aromatic heterocycles. The molecule has 27 heavy (non-hydrogen) atoms. The maximum absolute atomic E-state index is 13.0. The van der Waals surface area contributed by atoms with E-state index in [1.807, 2.05) is 62.4 Å². The first-order valence-electron chi connectivity index (χ1n) is 8.93. The van der Waals surface area contributed by atoms with E-state index in [-0.39, 0.29) is 11.8 Å². The molecule has 0 saturated carbocycles. The van der Waals surface area contributed by atoms with Crippen molar-refractivity contribution in [2.45, 2.75) is 13.8 Å². The molecule has 0 fully saturated rings. The molecule has 0 saturated heterocycles. The molecule has 0 aliphatic carbocycles. The standard InChI is InChI=1S/C22H21IN2O2/c1-3-25(4-2)22(27)19-14-16(23)12-13-20(19)24-21(26)18-11-7-9-15-8-5-6-10-17(15)18/h5-14H,3-4H2,1-2H3,(H,24,26). The zero-order chi connectivity index (χ0) is 19.4. The second-order valence-electron chi connectivity index (χ2n) is 6.15. The maximum Gasteiger partial charge on any atom is 0.256 e. The Kier molecular flexibility index (Phi) is 6.11. The number of carbonyl (C=O) groups excluding carboxylic acids is 2. The molecule has 2 amide bonds. The summed E-state index contributed by atoms with van der Waals surface area (Å²) >= 11 is 2.18. The van der Waals surface area contributed by atoms with E-state index in [0.717, 1.165) is 14.3 Å². The van der Waals surface area contributed by atoms with Crippen molar-refractivity contribution in [1.29, 1.82) is 0 Å². The second kappa shape index (κ2) is 8.52. The molecule has 0 spiro atoms. The number of amides is 2. The summed E-state index contributed by atoms with van der Waals surface area (Å²) in [5, 5.41) is 4.84. The normalized spacial score (nSPS) is 10.6. The molecule has 0 aliphatic rings. The molecule has 5 heteroatoms. The van der Waals surface area contributed by atoms with Crippen molar-refractivity contribution >= 4 is 50.9 Å². The van der Waals surface area contributed by atoms with Crippen LogP contribution < -0.4 is 5.32 Å². The third-order valence-electron chi connectivity index (χ3n) is 4.55. The molecule has 0 radical (unpaired) electrons. The summed E-state index contributed by atoms with van der Waals surface area (Å²) in [6.45, 7) is 5.14. The average Bonchev–Trinajstić information content (AvgIpc) is 2.69. The van der Waals surface area contributed by atoms with E-state index in [4.69, 9.17) is 0 Å². The van der Waals surface area contributed by atoms with Crippen LogP contribution in [0.4, 0.5) is 5.69 Å². The van der Waals surface area contributed by atoms with Crippen molar-refractivity contribution in [3.05, 3.63) is 75.4 Å². The van der Waals surface area contributed by atoms with Crippen molar-refractivity contribution in [3.8, 4) is 0 Å². The highest BCUT2D eigenvalue weighted by Crippen LogP contribution is 2.24. The monoisotopic (exact) mass is 472 g/mol. The molecule has 3 aromatic carbocycles. The third kappa shape index (κ3) is 4.13. The zero-order valence-electron chi connectivity index (χ0n) is 15.3. The Morgan fingerprint density at radius 3 is 2.37 bits per heavy atom. The van der Waals surface area contributed by atoms with Gasteiger partial charge in [-0.3, -0.25) is 9.59 Å². The van der Waals surface area contributed by atoms with Gasteiger partial charge in [0.2, 0.25) is 0 Å². The Bertz CT molecular complexity index is 991. The van der Waals surface area contributed by atoms with Gasteiger partial charge < -0.3 is 10.2 Å². The highest BCUT2D eigenvalue weighted by molar-refractivity contribution is 14.1. The average molecular weight is 472 g/mol. The van der Waals surface area contributed by atoms with E-state index < -0.39 is 0 Å². The molecule has 3 aromatic rings. The number of halogens is 1. The van der Waals surface area contributed by atoms with Crippen LogP contribution in [-0.2, 0) is 0 Å². The lowest BCUT2D eigenvalue weighted by Gasteiger charge is -2.21. The van der Waals surface area contributed by atoms with E-state index in [2.05, 4.69) is 27.9 Å². The minimum Gasteiger partial charge on any atom is -0.339 e. The van der Waals surface area contributed by atoms with E-state index in [9.17, 15) is 9.59 Å². The Morgan fingerprint density at radius 2 is 1.63 bits per heavy atom. The number of hydrogen-bond donors (Lipinski definition) is 1. The fraction of sp³-hybridized carbons (Fsp3) is 0.182. The molecule has 0 atom stereocenters. The van der Waals surface area contributed by atoms with Crippen LogP contribution in [0.15, 0.2) is 60.7 Å². The zero-order valence-corrected chi connectivity index (χ0v) is 17.5. The van der Waals surface area contributed by atoms with Gasteiger partial charge in [-0.15, -0.1) is 0 Å². The Labute approximate surface area is 172 Å². The molecule has 3 rings (SSSR count). The summed E-state index contributed by atoms with van der Waals surface area (Å²) in [6.07, 6.45) is 0. The fourth-order valence-corrected chi connectivity index (χ4v) is 3.59. The minimum atomic E-state index is -0.221. The first-order valence-corrected chi connectivity index (χ1v) is 10.0. The van der Waals surface area contributed by atoms with Crippen LogP contribution >= 0.6 is 22.6 Å². The number of hydrogen-bond acceptors (Lipinski definition) is 2. The van der Waals surface area contributed by atoms with Crippen molar-refractivity contribution in [2.24, 2.45) is 0 Å². The molecule has 138 valence electrons. The van der Waals surface area contributed by atoms with E-state index >= 15 is 0 Å². The Balaban J connectivity index is 1.98. The summed E-state index contributed by atoms with van der Waals surface area (Å²) in [4.78, 5) is 27.6. The van der Waals surface area contributed by atoms with Gasteiger partial charge in [0.25, 0.3) is 11.8 Å². The van der Waals surface area contributed by atoms with Crippen molar-refractivity contribution in [3.63, 3.8) is 0 Å². The number of nitrogens with one attached hydrogen (secondary N) is 1. The molecule has 0 aliphatic heterocycles. The topological polar surface area (TPSA) is 49.4 Å². The van der Waals surface area contributed by atoms with Gasteiger partial charge in [-0.05, 0) is 71.5 Å². The summed E-state index contributed by atoms with van der Waals surface area (Å²) in [6, 6.07) is 18.9. The Hall–Kier alpha value is -2.41. The lowest BCUT2D eigenvalue weighted by atomic mass is 10.0. The van der Waals surface area contributed by atoms with Crippen molar-refractivity contribution < 1.29 is 9.59 Å². The highest BCUT2D eigenvalue weighted by atomic mass is 127. The van der Waals surface area contributed by atoms with Crippen LogP contribution in [0.3, 0.4) is 0 Å². The second-order valence-corrected chi connectivity index (χ2v) is 7.39. The number of fused-ring (bicyclic) bond motifs is 1. The summed E-state index contributed by atoms with van der Waals surface area (Å²) < 4.78 is 0.950. The van der Waals surface area contributed by atoms with Crippen molar-refractivity contribution in [1.82, 2.24) is 4.90 Å². The first-order chi connectivity index (χ1) is 13.0. The summed E-state index contributed by atoms with van der Waals surface area (Å²) in [7, 11) is 0. The van der Waals surface area contributed by atoms with Gasteiger partial charge in [0, 0.05) is 22.2 Å². The Morgan fingerprint density at radius 1 is 0.926 bits per heavy atom. The van der Waals surface area contributed by atoms with Gasteiger partial charge in [-0.2, -0.15) is 0 Å². The molecule has 0 unspecified atom stereocenters. The maximum atomic E-state index is 13.0. The van der Waals surface area contributed by atoms with Gasteiger partial charge >= 0.3 is 0 Å². The predicted octanol–water partition coefficient (Wildman–Crippen LogP) is 5.18. The van der Waals surface area contributed by atoms with Gasteiger partial charge in [-0.1, -0.05) is 36.4 Å². The highest BCUT2D eigenvalue weighted by Gasteiger charge is 2.19. The van der Waals surface area contributed by atoms with Crippen LogP contribution in [0.5, 0.6) is 0 Å². The quantitative estimate of drug-likeness (QED) is 0.521. The first kappa shape index (κ1) is 19.4. The lowest BCUT2D eigenvalue weighted by Crippen LogP contribution is -2.31. The molecular weight excluding hydrogens is 451 g/mol.